The predicted molar refractivity (Wildman–Crippen MR) is 63.1 cm³/mol. The zero-order chi connectivity index (χ0) is 12.8. The van der Waals surface area contributed by atoms with E-state index in [1.165, 1.54) is 0 Å². The molecule has 1 heterocycles. The van der Waals surface area contributed by atoms with Crippen molar-refractivity contribution < 1.29 is 14.7 Å². The first kappa shape index (κ1) is 13.6. The standard InChI is InChI=1S/C10H15N3O3S/c1-3-5-7-8(17-13-12-7)9(14)11-6(4-2)10(15)16/h6H,3-5H2,1-2H3,(H,11,14)(H,15,16)/t6-/m0/s1. The summed E-state index contributed by atoms with van der Waals surface area (Å²) in [6, 6.07) is -0.862. The second-order valence-electron chi connectivity index (χ2n) is 3.57. The van der Waals surface area contributed by atoms with Crippen LogP contribution in [-0.2, 0) is 11.2 Å². The van der Waals surface area contributed by atoms with Gasteiger partial charge in [-0.1, -0.05) is 24.8 Å². The first-order chi connectivity index (χ1) is 8.10. The summed E-state index contributed by atoms with van der Waals surface area (Å²) < 4.78 is 3.72. The molecule has 1 atom stereocenters. The molecule has 1 aromatic rings. The van der Waals surface area contributed by atoms with Gasteiger partial charge in [0, 0.05) is 0 Å². The van der Waals surface area contributed by atoms with Gasteiger partial charge in [-0.15, -0.1) is 5.10 Å². The third-order valence-electron chi connectivity index (χ3n) is 2.26. The van der Waals surface area contributed by atoms with Crippen LogP contribution in [0, 0.1) is 0 Å². The molecule has 0 bridgehead atoms. The van der Waals surface area contributed by atoms with Crippen molar-refractivity contribution in [1.82, 2.24) is 14.9 Å². The van der Waals surface area contributed by atoms with Gasteiger partial charge in [0.25, 0.3) is 5.91 Å². The Morgan fingerprint density at radius 2 is 2.18 bits per heavy atom. The van der Waals surface area contributed by atoms with Crippen LogP contribution in [0.4, 0.5) is 0 Å². The van der Waals surface area contributed by atoms with E-state index in [9.17, 15) is 9.59 Å². The van der Waals surface area contributed by atoms with Crippen molar-refractivity contribution in [3.05, 3.63) is 10.6 Å². The van der Waals surface area contributed by atoms with Gasteiger partial charge >= 0.3 is 5.97 Å². The number of carboxylic acid groups (broad SMARTS) is 1. The van der Waals surface area contributed by atoms with E-state index in [1.807, 2.05) is 6.92 Å². The minimum atomic E-state index is -1.03. The van der Waals surface area contributed by atoms with Gasteiger partial charge in [0.1, 0.15) is 10.9 Å². The highest BCUT2D eigenvalue weighted by Gasteiger charge is 2.22. The van der Waals surface area contributed by atoms with Crippen LogP contribution in [0.1, 0.15) is 42.1 Å². The topological polar surface area (TPSA) is 92.2 Å². The Morgan fingerprint density at radius 3 is 2.71 bits per heavy atom. The highest BCUT2D eigenvalue weighted by molar-refractivity contribution is 7.08. The molecule has 1 rings (SSSR count). The Kier molecular flexibility index (Phi) is 5.02. The molecule has 0 radical (unpaired) electrons. The number of aryl methyl sites for hydroxylation is 1. The molecule has 1 aromatic heterocycles. The predicted octanol–water partition coefficient (Wildman–Crippen LogP) is 1.08. The lowest BCUT2D eigenvalue weighted by Gasteiger charge is -2.11. The summed E-state index contributed by atoms with van der Waals surface area (Å²) in [7, 11) is 0. The number of aliphatic carboxylic acids is 1. The smallest absolute Gasteiger partial charge is 0.326 e. The Bertz CT molecular complexity index is 405. The van der Waals surface area contributed by atoms with Crippen molar-refractivity contribution in [3.8, 4) is 0 Å². The van der Waals surface area contributed by atoms with E-state index in [1.54, 1.807) is 6.92 Å². The first-order valence-electron chi connectivity index (χ1n) is 5.45. The largest absolute Gasteiger partial charge is 0.480 e. The van der Waals surface area contributed by atoms with Gasteiger partial charge in [0.2, 0.25) is 0 Å². The molecule has 6 nitrogen and oxygen atoms in total. The van der Waals surface area contributed by atoms with Crippen molar-refractivity contribution in [3.63, 3.8) is 0 Å². The van der Waals surface area contributed by atoms with Crippen LogP contribution in [0.2, 0.25) is 0 Å². The lowest BCUT2D eigenvalue weighted by molar-refractivity contribution is -0.139. The average molecular weight is 257 g/mol. The number of carbonyl (C=O) groups is 2. The Labute approximate surface area is 103 Å². The number of nitrogens with zero attached hydrogens (tertiary/aromatic N) is 2. The summed E-state index contributed by atoms with van der Waals surface area (Å²) in [5.74, 6) is -1.44. The zero-order valence-corrected chi connectivity index (χ0v) is 10.6. The molecule has 0 aliphatic rings. The molecular formula is C10H15N3O3S. The molecule has 0 spiro atoms. The molecule has 17 heavy (non-hydrogen) atoms. The lowest BCUT2D eigenvalue weighted by Crippen LogP contribution is -2.40. The van der Waals surface area contributed by atoms with E-state index >= 15 is 0 Å². The van der Waals surface area contributed by atoms with Crippen LogP contribution >= 0.6 is 11.5 Å². The molecule has 0 saturated heterocycles. The molecule has 1 amide bonds. The fourth-order valence-corrected chi connectivity index (χ4v) is 1.95. The number of aromatic nitrogens is 2. The van der Waals surface area contributed by atoms with Gasteiger partial charge < -0.3 is 10.4 Å². The summed E-state index contributed by atoms with van der Waals surface area (Å²) in [5, 5.41) is 15.2. The summed E-state index contributed by atoms with van der Waals surface area (Å²) >= 11 is 0.996. The quantitative estimate of drug-likeness (QED) is 0.795. The maximum absolute atomic E-state index is 11.8. The van der Waals surface area contributed by atoms with Gasteiger partial charge in [0.15, 0.2) is 0 Å². The van der Waals surface area contributed by atoms with Crippen LogP contribution in [0.15, 0.2) is 0 Å². The van der Waals surface area contributed by atoms with Crippen molar-refractivity contribution in [2.45, 2.75) is 39.2 Å². The SMILES string of the molecule is CCCc1nnsc1C(=O)N[C@@H](CC)C(=O)O. The lowest BCUT2D eigenvalue weighted by atomic mass is 10.2. The second-order valence-corrected chi connectivity index (χ2v) is 4.33. The van der Waals surface area contributed by atoms with Gasteiger partial charge in [-0.2, -0.15) is 0 Å². The van der Waals surface area contributed by atoms with Gasteiger partial charge in [0.05, 0.1) is 5.69 Å². The average Bonchev–Trinajstić information content (AvgIpc) is 2.74. The van der Waals surface area contributed by atoms with E-state index in [0.717, 1.165) is 18.0 Å². The van der Waals surface area contributed by atoms with Gasteiger partial charge in [-0.25, -0.2) is 4.79 Å². The third kappa shape index (κ3) is 3.48. The molecule has 0 aliphatic carbocycles. The van der Waals surface area contributed by atoms with Gasteiger partial charge in [-0.05, 0) is 24.4 Å². The maximum atomic E-state index is 11.8. The van der Waals surface area contributed by atoms with E-state index in [4.69, 9.17) is 5.11 Å². The number of hydrogen-bond donors (Lipinski definition) is 2. The van der Waals surface area contributed by atoms with Crippen LogP contribution in [0.25, 0.3) is 0 Å². The number of rotatable bonds is 6. The molecular weight excluding hydrogens is 242 g/mol. The zero-order valence-electron chi connectivity index (χ0n) is 9.77. The number of hydrogen-bond acceptors (Lipinski definition) is 5. The molecule has 2 N–H and O–H groups in total. The van der Waals surface area contributed by atoms with E-state index in [0.29, 0.717) is 23.4 Å². The number of carboxylic acids is 1. The van der Waals surface area contributed by atoms with Crippen LogP contribution in [0.5, 0.6) is 0 Å². The minimum absolute atomic E-state index is 0.344. The fraction of sp³-hybridized carbons (Fsp3) is 0.600. The van der Waals surface area contributed by atoms with Crippen LogP contribution in [-0.4, -0.2) is 32.6 Å². The number of carbonyl (C=O) groups excluding carboxylic acids is 1. The molecule has 7 heteroatoms. The first-order valence-corrected chi connectivity index (χ1v) is 6.22. The van der Waals surface area contributed by atoms with E-state index in [2.05, 4.69) is 14.9 Å². The van der Waals surface area contributed by atoms with E-state index < -0.39 is 17.9 Å². The second kappa shape index (κ2) is 6.29. The Balaban J connectivity index is 2.75. The summed E-state index contributed by atoms with van der Waals surface area (Å²) in [6.45, 7) is 3.68. The molecule has 0 aromatic carbocycles. The van der Waals surface area contributed by atoms with Crippen LogP contribution < -0.4 is 5.32 Å². The fourth-order valence-electron chi connectivity index (χ4n) is 1.34. The van der Waals surface area contributed by atoms with E-state index in [-0.39, 0.29) is 0 Å². The van der Waals surface area contributed by atoms with Crippen molar-refractivity contribution in [2.75, 3.05) is 0 Å². The molecule has 0 aliphatic heterocycles. The summed E-state index contributed by atoms with van der Waals surface area (Å²) in [4.78, 5) is 23.0. The highest BCUT2D eigenvalue weighted by atomic mass is 32.1. The van der Waals surface area contributed by atoms with Crippen molar-refractivity contribution in [1.29, 1.82) is 0 Å². The summed E-state index contributed by atoms with van der Waals surface area (Å²) in [6.07, 6.45) is 1.88. The van der Waals surface area contributed by atoms with Crippen LogP contribution in [0.3, 0.4) is 0 Å². The minimum Gasteiger partial charge on any atom is -0.480 e. The molecule has 94 valence electrons. The monoisotopic (exact) mass is 257 g/mol. The van der Waals surface area contributed by atoms with Gasteiger partial charge in [-0.3, -0.25) is 4.79 Å². The third-order valence-corrected chi connectivity index (χ3v) is 3.03. The molecule has 0 saturated carbocycles. The van der Waals surface area contributed by atoms with Crippen molar-refractivity contribution >= 4 is 23.4 Å². The summed E-state index contributed by atoms with van der Waals surface area (Å²) in [5.41, 5.74) is 0.634. The Hall–Kier alpha value is -1.50. The maximum Gasteiger partial charge on any atom is 0.326 e. The molecule has 0 fully saturated rings. The van der Waals surface area contributed by atoms with Crippen molar-refractivity contribution in [2.24, 2.45) is 0 Å². The number of amides is 1. The number of nitrogens with one attached hydrogen (secondary N) is 1. The Morgan fingerprint density at radius 1 is 1.47 bits per heavy atom. The molecule has 0 unspecified atom stereocenters. The highest BCUT2D eigenvalue weighted by Crippen LogP contribution is 2.12. The normalized spacial score (nSPS) is 12.1.